The smallest absolute Gasteiger partial charge is 0.160 e. The number of nitrogens with zero attached hydrogens (tertiary/aromatic N) is 3. The minimum Gasteiger partial charge on any atom is -0.306 e. The van der Waals surface area contributed by atoms with Gasteiger partial charge in [0.2, 0.25) is 0 Å². The van der Waals surface area contributed by atoms with Crippen LogP contribution in [0.4, 0.5) is 0 Å². The second-order valence-electron chi connectivity index (χ2n) is 7.32. The van der Waals surface area contributed by atoms with E-state index in [-0.39, 0.29) is 16.3 Å². The summed E-state index contributed by atoms with van der Waals surface area (Å²) in [6, 6.07) is 3.91. The second-order valence-corrected chi connectivity index (χ2v) is 7.97. The second kappa shape index (κ2) is 5.03. The molecule has 1 atom stereocenters. The largest absolute Gasteiger partial charge is 0.306 e. The van der Waals surface area contributed by atoms with Gasteiger partial charge in [-0.15, -0.1) is 11.6 Å². The van der Waals surface area contributed by atoms with Crippen molar-refractivity contribution >= 4 is 22.8 Å². The molecule has 0 amide bonds. The molecule has 20 heavy (non-hydrogen) atoms. The first-order valence-electron chi connectivity index (χ1n) is 7.10. The number of alkyl halides is 1. The molecule has 0 aromatic carbocycles. The van der Waals surface area contributed by atoms with Gasteiger partial charge in [0.25, 0.3) is 0 Å². The van der Waals surface area contributed by atoms with E-state index in [1.54, 1.807) is 0 Å². The lowest BCUT2D eigenvalue weighted by molar-refractivity contribution is 0.214. The molecule has 0 aliphatic carbocycles. The minimum atomic E-state index is -0.136. The van der Waals surface area contributed by atoms with Crippen molar-refractivity contribution in [2.45, 2.75) is 58.9 Å². The highest BCUT2D eigenvalue weighted by Gasteiger charge is 2.32. The molecular formula is C16H24ClN3. The van der Waals surface area contributed by atoms with Gasteiger partial charge in [-0.3, -0.25) is 0 Å². The van der Waals surface area contributed by atoms with Crippen molar-refractivity contribution in [1.82, 2.24) is 14.5 Å². The van der Waals surface area contributed by atoms with Crippen molar-refractivity contribution in [3.05, 3.63) is 24.2 Å². The lowest BCUT2D eigenvalue weighted by atomic mass is 9.81. The van der Waals surface area contributed by atoms with Crippen LogP contribution in [0.3, 0.4) is 0 Å². The van der Waals surface area contributed by atoms with Crippen LogP contribution in [0.25, 0.3) is 11.2 Å². The molecule has 110 valence electrons. The third kappa shape index (κ3) is 2.98. The Labute approximate surface area is 126 Å². The van der Waals surface area contributed by atoms with E-state index in [1.807, 2.05) is 25.3 Å². The van der Waals surface area contributed by atoms with Gasteiger partial charge in [0, 0.05) is 11.7 Å². The summed E-state index contributed by atoms with van der Waals surface area (Å²) in [6.07, 6.45) is 2.84. The standard InChI is InChI=1S/C16H24ClN3/c1-11(17)13-19-12-8-7-9-18-14(12)20(13)16(5,6)10-15(2,3)4/h7-9,11H,10H2,1-6H3. The zero-order valence-corrected chi connectivity index (χ0v) is 14.0. The van der Waals surface area contributed by atoms with Gasteiger partial charge in [0.05, 0.1) is 5.38 Å². The van der Waals surface area contributed by atoms with E-state index in [9.17, 15) is 0 Å². The van der Waals surface area contributed by atoms with E-state index < -0.39 is 0 Å². The first-order chi connectivity index (χ1) is 9.12. The molecule has 0 bridgehead atoms. The fraction of sp³-hybridized carbons (Fsp3) is 0.625. The van der Waals surface area contributed by atoms with Crippen molar-refractivity contribution in [3.8, 4) is 0 Å². The van der Waals surface area contributed by atoms with E-state index in [4.69, 9.17) is 11.6 Å². The zero-order chi connectivity index (χ0) is 15.1. The van der Waals surface area contributed by atoms with Crippen LogP contribution in [0.5, 0.6) is 0 Å². The molecule has 2 heterocycles. The average molecular weight is 294 g/mol. The van der Waals surface area contributed by atoms with Crippen LogP contribution in [-0.2, 0) is 5.54 Å². The van der Waals surface area contributed by atoms with E-state index >= 15 is 0 Å². The number of fused-ring (bicyclic) bond motifs is 1. The summed E-state index contributed by atoms with van der Waals surface area (Å²) in [4.78, 5) is 9.20. The average Bonchev–Trinajstić information content (AvgIpc) is 2.65. The molecule has 0 saturated carbocycles. The van der Waals surface area contributed by atoms with Gasteiger partial charge in [-0.1, -0.05) is 20.8 Å². The van der Waals surface area contributed by atoms with E-state index in [2.05, 4.69) is 49.2 Å². The lowest BCUT2D eigenvalue weighted by Crippen LogP contribution is -2.33. The van der Waals surface area contributed by atoms with Crippen LogP contribution in [0.2, 0.25) is 0 Å². The molecule has 3 nitrogen and oxygen atoms in total. The van der Waals surface area contributed by atoms with E-state index in [1.165, 1.54) is 0 Å². The summed E-state index contributed by atoms with van der Waals surface area (Å²) in [5.41, 5.74) is 1.97. The Morgan fingerprint density at radius 1 is 1.25 bits per heavy atom. The number of hydrogen-bond acceptors (Lipinski definition) is 2. The highest BCUT2D eigenvalue weighted by Crippen LogP contribution is 2.37. The Balaban J connectivity index is 2.65. The van der Waals surface area contributed by atoms with Crippen molar-refractivity contribution in [1.29, 1.82) is 0 Å². The van der Waals surface area contributed by atoms with Crippen molar-refractivity contribution in [3.63, 3.8) is 0 Å². The van der Waals surface area contributed by atoms with Gasteiger partial charge in [-0.05, 0) is 44.7 Å². The Morgan fingerprint density at radius 2 is 1.90 bits per heavy atom. The first kappa shape index (κ1) is 15.3. The third-order valence-corrected chi connectivity index (χ3v) is 3.56. The van der Waals surface area contributed by atoms with Gasteiger partial charge in [0.1, 0.15) is 11.3 Å². The maximum absolute atomic E-state index is 6.35. The molecule has 0 radical (unpaired) electrons. The minimum absolute atomic E-state index is 0.0835. The Morgan fingerprint density at radius 3 is 2.45 bits per heavy atom. The molecule has 2 aromatic rings. The van der Waals surface area contributed by atoms with Crippen LogP contribution in [0, 0.1) is 5.41 Å². The normalized spacial score (nSPS) is 14.8. The maximum Gasteiger partial charge on any atom is 0.160 e. The van der Waals surface area contributed by atoms with Crippen LogP contribution >= 0.6 is 11.6 Å². The topological polar surface area (TPSA) is 30.7 Å². The summed E-state index contributed by atoms with van der Waals surface area (Å²) in [6.45, 7) is 13.2. The number of pyridine rings is 1. The third-order valence-electron chi connectivity index (χ3n) is 3.37. The Bertz CT molecular complexity index is 606. The number of imidazole rings is 1. The SMILES string of the molecule is CC(Cl)c1nc2cccnc2n1C(C)(C)CC(C)(C)C. The highest BCUT2D eigenvalue weighted by molar-refractivity contribution is 6.20. The van der Waals surface area contributed by atoms with Gasteiger partial charge >= 0.3 is 0 Å². The van der Waals surface area contributed by atoms with Gasteiger partial charge in [-0.25, -0.2) is 9.97 Å². The number of rotatable bonds is 3. The molecule has 0 N–H and O–H groups in total. The fourth-order valence-corrected chi connectivity index (χ4v) is 3.32. The summed E-state index contributed by atoms with van der Waals surface area (Å²) in [5.74, 6) is 0.898. The van der Waals surface area contributed by atoms with Crippen LogP contribution in [0.15, 0.2) is 18.3 Å². The van der Waals surface area contributed by atoms with E-state index in [0.717, 1.165) is 23.4 Å². The van der Waals surface area contributed by atoms with Crippen LogP contribution in [0.1, 0.15) is 59.2 Å². The number of hydrogen-bond donors (Lipinski definition) is 0. The molecular weight excluding hydrogens is 270 g/mol. The molecule has 2 rings (SSSR count). The number of halogens is 1. The molecule has 0 saturated heterocycles. The molecule has 4 heteroatoms. The summed E-state index contributed by atoms with van der Waals surface area (Å²) in [5, 5.41) is -0.136. The molecule has 0 aliphatic rings. The lowest BCUT2D eigenvalue weighted by Gasteiger charge is -2.35. The van der Waals surface area contributed by atoms with Gasteiger partial charge in [0.15, 0.2) is 5.65 Å². The molecule has 1 unspecified atom stereocenters. The predicted octanol–water partition coefficient (Wildman–Crippen LogP) is 4.90. The summed E-state index contributed by atoms with van der Waals surface area (Å²) < 4.78 is 2.21. The molecule has 0 spiro atoms. The van der Waals surface area contributed by atoms with Gasteiger partial charge in [-0.2, -0.15) is 0 Å². The predicted molar refractivity (Wildman–Crippen MR) is 85.2 cm³/mol. The molecule has 0 aliphatic heterocycles. The fourth-order valence-electron chi connectivity index (χ4n) is 3.17. The number of aromatic nitrogens is 3. The zero-order valence-electron chi connectivity index (χ0n) is 13.2. The van der Waals surface area contributed by atoms with Crippen molar-refractivity contribution < 1.29 is 0 Å². The quantitative estimate of drug-likeness (QED) is 0.753. The summed E-state index contributed by atoms with van der Waals surface area (Å²) in [7, 11) is 0. The Hall–Kier alpha value is -1.09. The van der Waals surface area contributed by atoms with Crippen molar-refractivity contribution in [2.75, 3.05) is 0 Å². The van der Waals surface area contributed by atoms with Crippen LogP contribution in [-0.4, -0.2) is 14.5 Å². The molecule has 0 fully saturated rings. The van der Waals surface area contributed by atoms with Gasteiger partial charge < -0.3 is 4.57 Å². The van der Waals surface area contributed by atoms with Crippen LogP contribution < -0.4 is 0 Å². The Kier molecular flexibility index (Phi) is 3.85. The van der Waals surface area contributed by atoms with E-state index in [0.29, 0.717) is 0 Å². The first-order valence-corrected chi connectivity index (χ1v) is 7.53. The monoisotopic (exact) mass is 293 g/mol. The van der Waals surface area contributed by atoms with Crippen molar-refractivity contribution in [2.24, 2.45) is 5.41 Å². The highest BCUT2D eigenvalue weighted by atomic mass is 35.5. The summed E-state index contributed by atoms with van der Waals surface area (Å²) >= 11 is 6.35. The maximum atomic E-state index is 6.35. The molecule has 2 aromatic heterocycles.